The summed E-state index contributed by atoms with van der Waals surface area (Å²) in [5.41, 5.74) is 6.41. The Hall–Kier alpha value is -1.82. The highest BCUT2D eigenvalue weighted by molar-refractivity contribution is 5.66. The smallest absolute Gasteiger partial charge is 0.292 e. The van der Waals surface area contributed by atoms with Gasteiger partial charge >= 0.3 is 0 Å². The number of ether oxygens (including phenoxy) is 1. The van der Waals surface area contributed by atoms with Crippen molar-refractivity contribution in [1.82, 2.24) is 0 Å². The van der Waals surface area contributed by atoms with E-state index in [4.69, 9.17) is 10.5 Å². The maximum absolute atomic E-state index is 11.2. The highest BCUT2D eigenvalue weighted by atomic mass is 16.6. The van der Waals surface area contributed by atoms with Gasteiger partial charge in [0.25, 0.3) is 5.69 Å². The summed E-state index contributed by atoms with van der Waals surface area (Å²) in [5, 5.41) is 11.2. The van der Waals surface area contributed by atoms with Gasteiger partial charge in [0, 0.05) is 25.2 Å². The van der Waals surface area contributed by atoms with Gasteiger partial charge in [0.1, 0.15) is 11.4 Å². The van der Waals surface area contributed by atoms with E-state index >= 15 is 0 Å². The zero-order chi connectivity index (χ0) is 14.5. The van der Waals surface area contributed by atoms with E-state index in [0.717, 1.165) is 32.4 Å². The third-order valence-electron chi connectivity index (χ3n) is 3.81. The molecule has 0 aromatic heterocycles. The standard InChI is InChI=1S/C14H21N3O3/c1-20-12-4-5-13(17(18)19)14(9-12)16-8-2-3-11(10-16)6-7-15/h4-5,9,11H,2-3,6-8,10,15H2,1H3. The average molecular weight is 279 g/mol. The summed E-state index contributed by atoms with van der Waals surface area (Å²) in [5.74, 6) is 1.16. The van der Waals surface area contributed by atoms with Crippen molar-refractivity contribution in [3.8, 4) is 5.75 Å². The second-order valence-corrected chi connectivity index (χ2v) is 5.14. The first kappa shape index (κ1) is 14.6. The van der Waals surface area contributed by atoms with Gasteiger partial charge in [-0.1, -0.05) is 0 Å². The molecule has 0 radical (unpaired) electrons. The minimum atomic E-state index is -0.332. The molecule has 2 N–H and O–H groups in total. The van der Waals surface area contributed by atoms with Crippen molar-refractivity contribution < 1.29 is 9.66 Å². The molecule has 1 heterocycles. The van der Waals surface area contributed by atoms with Gasteiger partial charge in [0.2, 0.25) is 0 Å². The topological polar surface area (TPSA) is 81.6 Å². The summed E-state index contributed by atoms with van der Waals surface area (Å²) >= 11 is 0. The molecular formula is C14H21N3O3. The van der Waals surface area contributed by atoms with Gasteiger partial charge in [0.05, 0.1) is 12.0 Å². The summed E-state index contributed by atoms with van der Waals surface area (Å²) in [6.45, 7) is 2.33. The van der Waals surface area contributed by atoms with Gasteiger partial charge in [-0.3, -0.25) is 10.1 Å². The van der Waals surface area contributed by atoms with Gasteiger partial charge in [0.15, 0.2) is 0 Å². The van der Waals surface area contributed by atoms with Crippen molar-refractivity contribution in [2.45, 2.75) is 19.3 Å². The van der Waals surface area contributed by atoms with E-state index in [2.05, 4.69) is 4.90 Å². The van der Waals surface area contributed by atoms with Crippen LogP contribution < -0.4 is 15.4 Å². The molecule has 6 heteroatoms. The number of rotatable bonds is 5. The second kappa shape index (κ2) is 6.56. The van der Waals surface area contributed by atoms with E-state index in [9.17, 15) is 10.1 Å². The molecule has 2 rings (SSSR count). The number of nitro groups is 1. The largest absolute Gasteiger partial charge is 0.497 e. The number of methoxy groups -OCH3 is 1. The van der Waals surface area contributed by atoms with Crippen LogP contribution in [-0.4, -0.2) is 31.7 Å². The van der Waals surface area contributed by atoms with Crippen LogP contribution in [0.5, 0.6) is 5.75 Å². The van der Waals surface area contributed by atoms with Crippen LogP contribution in [0.1, 0.15) is 19.3 Å². The summed E-state index contributed by atoms with van der Waals surface area (Å²) in [6, 6.07) is 4.90. The van der Waals surface area contributed by atoms with Gasteiger partial charge in [-0.2, -0.15) is 0 Å². The molecule has 0 amide bonds. The highest BCUT2D eigenvalue weighted by Gasteiger charge is 2.25. The van der Waals surface area contributed by atoms with Gasteiger partial charge in [-0.25, -0.2) is 0 Å². The normalized spacial score (nSPS) is 18.9. The first-order valence-electron chi connectivity index (χ1n) is 6.93. The van der Waals surface area contributed by atoms with Gasteiger partial charge in [-0.05, 0) is 37.8 Å². The molecule has 0 bridgehead atoms. The lowest BCUT2D eigenvalue weighted by Gasteiger charge is -2.34. The van der Waals surface area contributed by atoms with Crippen molar-refractivity contribution in [3.63, 3.8) is 0 Å². The Kier molecular flexibility index (Phi) is 4.79. The quantitative estimate of drug-likeness (QED) is 0.660. The Morgan fingerprint density at radius 3 is 3.00 bits per heavy atom. The van der Waals surface area contributed by atoms with Crippen LogP contribution in [0.25, 0.3) is 0 Å². The van der Waals surface area contributed by atoms with E-state index < -0.39 is 0 Å². The number of nitrogens with zero attached hydrogens (tertiary/aromatic N) is 2. The number of nitrogens with two attached hydrogens (primary N) is 1. The van der Waals surface area contributed by atoms with E-state index in [1.165, 1.54) is 6.07 Å². The van der Waals surface area contributed by atoms with Crippen molar-refractivity contribution >= 4 is 11.4 Å². The molecule has 1 aliphatic rings. The lowest BCUT2D eigenvalue weighted by Crippen LogP contribution is -2.36. The molecule has 6 nitrogen and oxygen atoms in total. The number of nitro benzene ring substituents is 1. The Balaban J connectivity index is 2.27. The van der Waals surface area contributed by atoms with Crippen molar-refractivity contribution in [2.75, 3.05) is 31.6 Å². The van der Waals surface area contributed by atoms with E-state index in [1.54, 1.807) is 19.2 Å². The van der Waals surface area contributed by atoms with Crippen molar-refractivity contribution in [2.24, 2.45) is 11.7 Å². The van der Waals surface area contributed by atoms with E-state index in [-0.39, 0.29) is 10.6 Å². The first-order chi connectivity index (χ1) is 9.65. The van der Waals surface area contributed by atoms with Gasteiger partial charge < -0.3 is 15.4 Å². The van der Waals surface area contributed by atoms with Crippen LogP contribution in [0.15, 0.2) is 18.2 Å². The summed E-state index contributed by atoms with van der Waals surface area (Å²) < 4.78 is 5.19. The predicted molar refractivity (Wildman–Crippen MR) is 78.3 cm³/mol. The first-order valence-corrected chi connectivity index (χ1v) is 6.93. The molecule has 0 aliphatic carbocycles. The second-order valence-electron chi connectivity index (χ2n) is 5.14. The predicted octanol–water partition coefficient (Wildman–Crippen LogP) is 2.17. The molecule has 1 aliphatic heterocycles. The molecule has 1 aromatic carbocycles. The lowest BCUT2D eigenvalue weighted by molar-refractivity contribution is -0.384. The zero-order valence-electron chi connectivity index (χ0n) is 11.7. The highest BCUT2D eigenvalue weighted by Crippen LogP contribution is 2.35. The molecule has 1 aromatic rings. The molecule has 1 atom stereocenters. The number of piperidine rings is 1. The molecule has 0 spiro atoms. The maximum atomic E-state index is 11.2. The number of hydrogen-bond donors (Lipinski definition) is 1. The Labute approximate surface area is 118 Å². The van der Waals surface area contributed by atoms with Crippen LogP contribution in [0.2, 0.25) is 0 Å². The van der Waals surface area contributed by atoms with Crippen LogP contribution in [0.3, 0.4) is 0 Å². The molecule has 20 heavy (non-hydrogen) atoms. The SMILES string of the molecule is COc1ccc([N+](=O)[O-])c(N2CCCC(CCN)C2)c1. The van der Waals surface area contributed by atoms with Crippen LogP contribution in [-0.2, 0) is 0 Å². The fourth-order valence-corrected chi connectivity index (χ4v) is 2.79. The Bertz CT molecular complexity index is 477. The lowest BCUT2D eigenvalue weighted by atomic mass is 9.94. The third-order valence-corrected chi connectivity index (χ3v) is 3.81. The summed E-state index contributed by atoms with van der Waals surface area (Å²) in [4.78, 5) is 12.9. The fourth-order valence-electron chi connectivity index (χ4n) is 2.79. The Morgan fingerprint density at radius 2 is 2.35 bits per heavy atom. The molecule has 1 unspecified atom stereocenters. The minimum absolute atomic E-state index is 0.138. The minimum Gasteiger partial charge on any atom is -0.497 e. The van der Waals surface area contributed by atoms with Gasteiger partial charge in [-0.15, -0.1) is 0 Å². The summed E-state index contributed by atoms with van der Waals surface area (Å²) in [7, 11) is 1.57. The van der Waals surface area contributed by atoms with Crippen LogP contribution in [0, 0.1) is 16.0 Å². The van der Waals surface area contributed by atoms with Crippen LogP contribution >= 0.6 is 0 Å². The average Bonchev–Trinajstić information content (AvgIpc) is 2.47. The molecular weight excluding hydrogens is 258 g/mol. The van der Waals surface area contributed by atoms with E-state index in [0.29, 0.717) is 23.9 Å². The van der Waals surface area contributed by atoms with Crippen molar-refractivity contribution in [1.29, 1.82) is 0 Å². The van der Waals surface area contributed by atoms with E-state index in [1.807, 2.05) is 0 Å². The van der Waals surface area contributed by atoms with Crippen LogP contribution in [0.4, 0.5) is 11.4 Å². The number of hydrogen-bond acceptors (Lipinski definition) is 5. The number of anilines is 1. The molecule has 1 fully saturated rings. The molecule has 0 saturated carbocycles. The maximum Gasteiger partial charge on any atom is 0.292 e. The summed E-state index contributed by atoms with van der Waals surface area (Å²) in [6.07, 6.45) is 3.15. The van der Waals surface area contributed by atoms with Crippen molar-refractivity contribution in [3.05, 3.63) is 28.3 Å². The monoisotopic (exact) mass is 279 g/mol. The third kappa shape index (κ3) is 3.19. The number of benzene rings is 1. The fraction of sp³-hybridized carbons (Fsp3) is 0.571. The zero-order valence-corrected chi connectivity index (χ0v) is 11.7. The molecule has 110 valence electrons. The molecule has 1 saturated heterocycles. The Morgan fingerprint density at radius 1 is 1.55 bits per heavy atom.